The van der Waals surface area contributed by atoms with Crippen LogP contribution in [0.1, 0.15) is 25.0 Å². The third-order valence-corrected chi connectivity index (χ3v) is 2.80. The van der Waals surface area contributed by atoms with Gasteiger partial charge in [-0.3, -0.25) is 0 Å². The molecule has 1 N–H and O–H groups in total. The second-order valence-corrected chi connectivity index (χ2v) is 4.16. The van der Waals surface area contributed by atoms with E-state index in [0.717, 1.165) is 6.42 Å². The highest BCUT2D eigenvalue weighted by atomic mass is 19.3. The summed E-state index contributed by atoms with van der Waals surface area (Å²) in [7, 11) is 0. The number of aliphatic hydroxyl groups excluding tert-OH is 1. The van der Waals surface area contributed by atoms with Crippen molar-refractivity contribution in [3.8, 4) is 11.5 Å². The van der Waals surface area contributed by atoms with Crippen molar-refractivity contribution in [3.63, 3.8) is 0 Å². The van der Waals surface area contributed by atoms with Gasteiger partial charge in [-0.05, 0) is 30.7 Å². The van der Waals surface area contributed by atoms with Crippen LogP contribution in [-0.2, 0) is 4.74 Å². The maximum Gasteiger partial charge on any atom is 0.387 e. The Morgan fingerprint density at radius 2 is 2.15 bits per heavy atom. The Kier molecular flexibility index (Phi) is 4.79. The van der Waals surface area contributed by atoms with Crippen LogP contribution in [0, 0.1) is 0 Å². The van der Waals surface area contributed by atoms with Crippen LogP contribution < -0.4 is 9.47 Å². The molecule has 1 aromatic carbocycles. The Morgan fingerprint density at radius 1 is 1.35 bits per heavy atom. The summed E-state index contributed by atoms with van der Waals surface area (Å²) in [5, 5.41) is 10.1. The van der Waals surface area contributed by atoms with E-state index < -0.39 is 12.7 Å². The van der Waals surface area contributed by atoms with Crippen LogP contribution in [0.15, 0.2) is 30.0 Å². The number of halogens is 2. The first-order chi connectivity index (χ1) is 9.61. The Balaban J connectivity index is 2.24. The molecule has 4 nitrogen and oxygen atoms in total. The van der Waals surface area contributed by atoms with Gasteiger partial charge in [0, 0.05) is 6.42 Å². The van der Waals surface area contributed by atoms with Crippen molar-refractivity contribution in [2.24, 2.45) is 0 Å². The fourth-order valence-electron chi connectivity index (χ4n) is 1.95. The lowest BCUT2D eigenvalue weighted by atomic mass is 10.1. The van der Waals surface area contributed by atoms with E-state index in [1.165, 1.54) is 18.2 Å². The highest BCUT2D eigenvalue weighted by molar-refractivity contribution is 5.44. The Morgan fingerprint density at radius 3 is 2.75 bits per heavy atom. The molecule has 0 spiro atoms. The second kappa shape index (κ2) is 6.56. The molecule has 0 aliphatic carbocycles. The Hall–Kier alpha value is -1.82. The van der Waals surface area contributed by atoms with Gasteiger partial charge < -0.3 is 19.3 Å². The van der Waals surface area contributed by atoms with Crippen LogP contribution in [0.25, 0.3) is 0 Å². The van der Waals surface area contributed by atoms with Crippen LogP contribution in [0.2, 0.25) is 0 Å². The second-order valence-electron chi connectivity index (χ2n) is 4.16. The van der Waals surface area contributed by atoms with Crippen molar-refractivity contribution in [2.75, 3.05) is 13.2 Å². The van der Waals surface area contributed by atoms with Gasteiger partial charge in [-0.25, -0.2) is 0 Å². The topological polar surface area (TPSA) is 47.9 Å². The molecule has 0 fully saturated rings. The normalized spacial score (nSPS) is 15.8. The standard InChI is InChI=1S/C14H16F2O4/c1-2-18-12-8-9(5-6-10(12)20-14(15)16)13(17)11-4-3-7-19-11/h4-6,8,13-14,17H,2-3,7H2,1H3. The highest BCUT2D eigenvalue weighted by Crippen LogP contribution is 2.34. The van der Waals surface area contributed by atoms with E-state index in [1.807, 2.05) is 0 Å². The zero-order chi connectivity index (χ0) is 14.5. The van der Waals surface area contributed by atoms with Crippen LogP contribution in [0.5, 0.6) is 11.5 Å². The minimum absolute atomic E-state index is 0.0564. The summed E-state index contributed by atoms with van der Waals surface area (Å²) in [6.45, 7) is -0.348. The quantitative estimate of drug-likeness (QED) is 0.873. The summed E-state index contributed by atoms with van der Waals surface area (Å²) < 4.78 is 39.5. The van der Waals surface area contributed by atoms with Gasteiger partial charge >= 0.3 is 6.61 Å². The summed E-state index contributed by atoms with van der Waals surface area (Å²) in [6, 6.07) is 4.34. The van der Waals surface area contributed by atoms with Crippen LogP contribution >= 0.6 is 0 Å². The third-order valence-electron chi connectivity index (χ3n) is 2.80. The number of rotatable bonds is 6. The van der Waals surface area contributed by atoms with Crippen molar-refractivity contribution in [3.05, 3.63) is 35.6 Å². The molecule has 110 valence electrons. The van der Waals surface area contributed by atoms with Crippen molar-refractivity contribution < 1.29 is 28.1 Å². The molecule has 1 heterocycles. The molecule has 0 aromatic heterocycles. The average Bonchev–Trinajstić information content (AvgIpc) is 2.93. The Labute approximate surface area is 115 Å². The van der Waals surface area contributed by atoms with Gasteiger partial charge in [-0.2, -0.15) is 8.78 Å². The summed E-state index contributed by atoms with van der Waals surface area (Å²) in [5.41, 5.74) is 0.503. The third kappa shape index (κ3) is 3.39. The van der Waals surface area contributed by atoms with Crippen molar-refractivity contribution in [1.29, 1.82) is 0 Å². The number of hydrogen-bond acceptors (Lipinski definition) is 4. The molecular weight excluding hydrogens is 270 g/mol. The molecule has 0 saturated heterocycles. The predicted molar refractivity (Wildman–Crippen MR) is 67.9 cm³/mol. The van der Waals surface area contributed by atoms with Crippen molar-refractivity contribution in [2.45, 2.75) is 26.1 Å². The molecule has 2 rings (SSSR count). The number of hydrogen-bond donors (Lipinski definition) is 1. The molecule has 0 saturated carbocycles. The van der Waals surface area contributed by atoms with E-state index >= 15 is 0 Å². The molecule has 1 aromatic rings. The number of alkyl halides is 2. The van der Waals surface area contributed by atoms with Crippen LogP contribution in [-0.4, -0.2) is 24.9 Å². The molecule has 0 amide bonds. The van der Waals surface area contributed by atoms with E-state index in [9.17, 15) is 13.9 Å². The first-order valence-electron chi connectivity index (χ1n) is 6.34. The highest BCUT2D eigenvalue weighted by Gasteiger charge is 2.20. The molecule has 0 bridgehead atoms. The van der Waals surface area contributed by atoms with E-state index in [0.29, 0.717) is 24.5 Å². The minimum Gasteiger partial charge on any atom is -0.495 e. The van der Waals surface area contributed by atoms with Crippen LogP contribution in [0.4, 0.5) is 8.78 Å². The predicted octanol–water partition coefficient (Wildman–Crippen LogP) is 3.02. The maximum absolute atomic E-state index is 12.3. The molecule has 1 aliphatic heterocycles. The van der Waals surface area contributed by atoms with Crippen molar-refractivity contribution >= 4 is 0 Å². The number of benzene rings is 1. The minimum atomic E-state index is -2.93. The number of ether oxygens (including phenoxy) is 3. The zero-order valence-electron chi connectivity index (χ0n) is 11.0. The van der Waals surface area contributed by atoms with Gasteiger partial charge in [-0.15, -0.1) is 0 Å². The summed E-state index contributed by atoms with van der Waals surface area (Å²) in [6.07, 6.45) is 1.61. The van der Waals surface area contributed by atoms with E-state index in [-0.39, 0.29) is 11.5 Å². The Bertz CT molecular complexity index is 488. The average molecular weight is 286 g/mol. The summed E-state index contributed by atoms with van der Waals surface area (Å²) in [4.78, 5) is 0. The van der Waals surface area contributed by atoms with Crippen molar-refractivity contribution in [1.82, 2.24) is 0 Å². The summed E-state index contributed by atoms with van der Waals surface area (Å²) >= 11 is 0. The van der Waals surface area contributed by atoms with Gasteiger partial charge in [0.15, 0.2) is 11.5 Å². The maximum atomic E-state index is 12.3. The monoisotopic (exact) mass is 286 g/mol. The lowest BCUT2D eigenvalue weighted by molar-refractivity contribution is -0.0514. The largest absolute Gasteiger partial charge is 0.495 e. The smallest absolute Gasteiger partial charge is 0.387 e. The SMILES string of the molecule is CCOc1cc(C(O)C2=CCCO2)ccc1OC(F)F. The molecule has 6 heteroatoms. The van der Waals surface area contributed by atoms with E-state index in [2.05, 4.69) is 4.74 Å². The van der Waals surface area contributed by atoms with Gasteiger partial charge in [-0.1, -0.05) is 6.07 Å². The van der Waals surface area contributed by atoms with Gasteiger partial charge in [0.2, 0.25) is 0 Å². The fraction of sp³-hybridized carbons (Fsp3) is 0.429. The van der Waals surface area contributed by atoms with Crippen LogP contribution in [0.3, 0.4) is 0 Å². The van der Waals surface area contributed by atoms with Gasteiger partial charge in [0.25, 0.3) is 0 Å². The lowest BCUT2D eigenvalue weighted by Crippen LogP contribution is -2.07. The lowest BCUT2D eigenvalue weighted by Gasteiger charge is -2.16. The molecule has 1 aliphatic rings. The zero-order valence-corrected chi connectivity index (χ0v) is 11.0. The molecular formula is C14H16F2O4. The number of aliphatic hydroxyl groups is 1. The molecule has 20 heavy (non-hydrogen) atoms. The molecule has 1 unspecified atom stereocenters. The molecule has 0 radical (unpaired) electrons. The summed E-state index contributed by atoms with van der Waals surface area (Å²) in [5.74, 6) is 0.581. The first kappa shape index (κ1) is 14.6. The first-order valence-corrected chi connectivity index (χ1v) is 6.34. The van der Waals surface area contributed by atoms with Gasteiger partial charge in [0.1, 0.15) is 11.9 Å². The molecule has 1 atom stereocenters. The van der Waals surface area contributed by atoms with E-state index in [1.54, 1.807) is 13.0 Å². The van der Waals surface area contributed by atoms with E-state index in [4.69, 9.17) is 9.47 Å². The fourth-order valence-corrected chi connectivity index (χ4v) is 1.95. The van der Waals surface area contributed by atoms with Gasteiger partial charge in [0.05, 0.1) is 13.2 Å².